The fraction of sp³-hybridized carbons (Fsp3) is 0.269. The molecular weight excluding hydrogens is 428 g/mol. The van der Waals surface area contributed by atoms with Crippen molar-refractivity contribution in [1.82, 2.24) is 20.2 Å². The summed E-state index contributed by atoms with van der Waals surface area (Å²) in [5.41, 5.74) is 5.42. The van der Waals surface area contributed by atoms with Crippen molar-refractivity contribution in [2.45, 2.75) is 51.0 Å². The Morgan fingerprint density at radius 2 is 1.97 bits per heavy atom. The van der Waals surface area contributed by atoms with Crippen molar-refractivity contribution < 1.29 is 0 Å². The minimum absolute atomic E-state index is 0.198. The van der Waals surface area contributed by atoms with E-state index in [1.165, 1.54) is 11.1 Å². The molecule has 5 rings (SSSR count). The molecule has 2 aromatic carbocycles. The normalized spacial score (nSPS) is 15.1. The lowest BCUT2D eigenvalue weighted by molar-refractivity contribution is 0.596. The first-order valence-electron chi connectivity index (χ1n) is 11.5. The minimum atomic E-state index is 0.198. The van der Waals surface area contributed by atoms with E-state index in [-0.39, 0.29) is 6.04 Å². The molecule has 33 heavy (non-hydrogen) atoms. The van der Waals surface area contributed by atoms with Gasteiger partial charge in [0.25, 0.3) is 0 Å². The van der Waals surface area contributed by atoms with Gasteiger partial charge in [0.2, 0.25) is 5.95 Å². The average Bonchev–Trinajstić information content (AvgIpc) is 3.32. The molecule has 1 unspecified atom stereocenters. The lowest BCUT2D eigenvalue weighted by Crippen LogP contribution is -2.19. The predicted octanol–water partition coefficient (Wildman–Crippen LogP) is 6.93. The van der Waals surface area contributed by atoms with Gasteiger partial charge in [-0.2, -0.15) is 10.1 Å². The molecule has 1 aliphatic rings. The molecule has 2 heterocycles. The van der Waals surface area contributed by atoms with E-state index < -0.39 is 0 Å². The maximum atomic E-state index is 4.78. The molecule has 4 aromatic rings. The van der Waals surface area contributed by atoms with Gasteiger partial charge in [0.15, 0.2) is 0 Å². The number of anilines is 3. The fourth-order valence-corrected chi connectivity index (χ4v) is 4.35. The maximum absolute atomic E-state index is 4.78. The van der Waals surface area contributed by atoms with E-state index in [4.69, 9.17) is 22.6 Å². The summed E-state index contributed by atoms with van der Waals surface area (Å²) in [4.78, 5) is 10.2. The number of rotatable bonds is 5. The number of nitrogens with zero attached hydrogens (tertiary/aromatic N) is 3. The van der Waals surface area contributed by atoms with Gasteiger partial charge in [0.1, 0.15) is 5.82 Å². The Hall–Kier alpha value is -3.32. The third kappa shape index (κ3) is 5.03. The number of allylic oxidation sites excluding steroid dienone is 1. The van der Waals surface area contributed by atoms with Crippen molar-refractivity contribution in [2.75, 3.05) is 10.6 Å². The molecule has 1 aliphatic carbocycles. The summed E-state index contributed by atoms with van der Waals surface area (Å²) in [5.74, 6) is 1.26. The van der Waals surface area contributed by atoms with E-state index in [1.54, 1.807) is 6.20 Å². The second kappa shape index (κ2) is 10.5. The summed E-state index contributed by atoms with van der Waals surface area (Å²) in [6, 6.07) is 14.8. The van der Waals surface area contributed by atoms with Crippen LogP contribution in [0.5, 0.6) is 0 Å². The van der Waals surface area contributed by atoms with Gasteiger partial charge in [-0.3, -0.25) is 5.10 Å². The number of benzene rings is 2. The monoisotopic (exact) mass is 458 g/mol. The van der Waals surface area contributed by atoms with Crippen molar-refractivity contribution >= 4 is 47.1 Å². The minimum Gasteiger partial charge on any atom is -0.347 e. The van der Waals surface area contributed by atoms with E-state index in [9.17, 15) is 0 Å². The summed E-state index contributed by atoms with van der Waals surface area (Å²) in [7, 11) is 0. The molecule has 0 fully saturated rings. The third-order valence-electron chi connectivity index (χ3n) is 5.61. The van der Waals surface area contributed by atoms with E-state index >= 15 is 0 Å². The number of H-pyrrole nitrogens is 1. The number of hydrogen-bond acceptors (Lipinski definition) is 6. The zero-order chi connectivity index (χ0) is 23.2. The van der Waals surface area contributed by atoms with Gasteiger partial charge in [0, 0.05) is 11.1 Å². The lowest BCUT2D eigenvalue weighted by atomic mass is 9.88. The Labute approximate surface area is 200 Å². The molecule has 0 radical (unpaired) electrons. The number of fused-ring (bicyclic) bond motifs is 2. The van der Waals surface area contributed by atoms with Crippen molar-refractivity contribution in [3.8, 4) is 0 Å². The summed E-state index contributed by atoms with van der Waals surface area (Å²) < 4.78 is 0. The topological polar surface area (TPSA) is 78.5 Å². The zero-order valence-corrected chi connectivity index (χ0v) is 20.2. The first kappa shape index (κ1) is 22.9. The Morgan fingerprint density at radius 3 is 2.82 bits per heavy atom. The Bertz CT molecular complexity index is 1260. The Balaban J connectivity index is 0.00000126. The predicted molar refractivity (Wildman–Crippen MR) is 140 cm³/mol. The maximum Gasteiger partial charge on any atom is 0.225 e. The summed E-state index contributed by atoms with van der Waals surface area (Å²) in [6.45, 7) is 5.97. The highest BCUT2D eigenvalue weighted by atomic mass is 32.1. The van der Waals surface area contributed by atoms with Gasteiger partial charge < -0.3 is 10.6 Å². The molecule has 0 aliphatic heterocycles. The highest BCUT2D eigenvalue weighted by molar-refractivity contribution is 7.80. The van der Waals surface area contributed by atoms with Crippen molar-refractivity contribution in [3.63, 3.8) is 0 Å². The molecule has 0 amide bonds. The molecule has 2 aromatic heterocycles. The second-order valence-corrected chi connectivity index (χ2v) is 8.16. The number of aromatic amines is 1. The summed E-state index contributed by atoms with van der Waals surface area (Å²) >= 11 is 4.71. The van der Waals surface area contributed by atoms with Crippen LogP contribution in [-0.4, -0.2) is 20.2 Å². The number of aromatic nitrogens is 4. The largest absolute Gasteiger partial charge is 0.347 e. The lowest BCUT2D eigenvalue weighted by Gasteiger charge is -2.26. The number of aryl methyl sites for hydroxylation is 1. The van der Waals surface area contributed by atoms with E-state index in [0.717, 1.165) is 41.5 Å². The second-order valence-electron chi connectivity index (χ2n) is 7.71. The number of nitrogens with one attached hydrogen (secondary N) is 3. The van der Waals surface area contributed by atoms with Gasteiger partial charge in [0.05, 0.1) is 28.3 Å². The molecule has 0 saturated heterocycles. The van der Waals surface area contributed by atoms with E-state index in [0.29, 0.717) is 16.7 Å². The average molecular weight is 459 g/mol. The van der Waals surface area contributed by atoms with Gasteiger partial charge in [-0.25, -0.2) is 4.98 Å². The molecule has 1 atom stereocenters. The van der Waals surface area contributed by atoms with Crippen LogP contribution in [0.25, 0.3) is 17.0 Å². The van der Waals surface area contributed by atoms with Gasteiger partial charge in [-0.1, -0.05) is 44.2 Å². The van der Waals surface area contributed by atoms with Crippen LogP contribution in [-0.2, 0) is 6.42 Å². The molecule has 0 saturated carbocycles. The molecule has 3 N–H and O–H groups in total. The smallest absolute Gasteiger partial charge is 0.225 e. The van der Waals surface area contributed by atoms with Crippen molar-refractivity contribution in [1.29, 1.82) is 0 Å². The van der Waals surface area contributed by atoms with Crippen LogP contribution in [0.15, 0.2) is 59.6 Å². The van der Waals surface area contributed by atoms with Crippen molar-refractivity contribution in [3.05, 3.63) is 71.6 Å². The molecule has 0 spiro atoms. The summed E-state index contributed by atoms with van der Waals surface area (Å²) in [6.07, 6.45) is 9.05. The van der Waals surface area contributed by atoms with Crippen LogP contribution < -0.4 is 10.6 Å². The zero-order valence-electron chi connectivity index (χ0n) is 19.3. The van der Waals surface area contributed by atoms with Crippen LogP contribution in [0.1, 0.15) is 56.5 Å². The molecule has 170 valence electrons. The standard InChI is InChI=1S/C24H24N6S.C2H6/c1-2-6-21-22(31)23(26-17-11-12-19-16(13-17)14-25-30-19)29-24(28-21)27-20-10-5-8-15-7-3-4-9-18(15)20;1-2/h2-4,6-7,9,11-14,20,31H,5,8,10H2,1H3,(H,25,30)(H2,26,27,28,29);1-2H3/b6-2-;. The summed E-state index contributed by atoms with van der Waals surface area (Å²) in [5, 5.41) is 15.1. The van der Waals surface area contributed by atoms with Crippen LogP contribution in [0.2, 0.25) is 0 Å². The first-order valence-corrected chi connectivity index (χ1v) is 11.9. The van der Waals surface area contributed by atoms with Crippen molar-refractivity contribution in [2.24, 2.45) is 0 Å². The number of hydrogen-bond donors (Lipinski definition) is 4. The number of thiol groups is 1. The molecule has 7 heteroatoms. The van der Waals surface area contributed by atoms with Gasteiger partial charge in [-0.15, -0.1) is 12.6 Å². The Kier molecular flexibility index (Phi) is 7.29. The van der Waals surface area contributed by atoms with Crippen LogP contribution in [0, 0.1) is 0 Å². The van der Waals surface area contributed by atoms with Crippen LogP contribution in [0.3, 0.4) is 0 Å². The quantitative estimate of drug-likeness (QED) is 0.244. The van der Waals surface area contributed by atoms with Gasteiger partial charge in [-0.05, 0) is 61.6 Å². The van der Waals surface area contributed by atoms with Gasteiger partial charge >= 0.3 is 0 Å². The SMILES string of the molecule is C/C=C\c1nc(NC2CCCc3ccccc32)nc(Nc2ccc3[nH]ncc3c2)c1S.CC. The molecular formula is C26H30N6S. The first-order chi connectivity index (χ1) is 16.2. The van der Waals surface area contributed by atoms with Crippen LogP contribution in [0.4, 0.5) is 17.5 Å². The molecule has 6 nitrogen and oxygen atoms in total. The fourth-order valence-electron chi connectivity index (χ4n) is 4.11. The third-order valence-corrected chi connectivity index (χ3v) is 6.05. The van der Waals surface area contributed by atoms with E-state index in [1.807, 2.05) is 51.1 Å². The highest BCUT2D eigenvalue weighted by Crippen LogP contribution is 2.33. The highest BCUT2D eigenvalue weighted by Gasteiger charge is 2.21. The Morgan fingerprint density at radius 1 is 1.12 bits per heavy atom. The molecule has 0 bridgehead atoms. The van der Waals surface area contributed by atoms with Crippen LogP contribution >= 0.6 is 12.6 Å². The van der Waals surface area contributed by atoms with E-state index in [2.05, 4.69) is 45.1 Å².